The topological polar surface area (TPSA) is 42.1 Å². The number of anilines is 1. The Bertz CT molecular complexity index is 563. The summed E-state index contributed by atoms with van der Waals surface area (Å²) in [6, 6.07) is 7.50. The van der Waals surface area contributed by atoms with E-state index in [1.165, 1.54) is 4.90 Å². The summed E-state index contributed by atoms with van der Waals surface area (Å²) in [5.41, 5.74) is 5.49. The van der Waals surface area contributed by atoms with E-state index in [4.69, 9.17) is 5.73 Å². The van der Waals surface area contributed by atoms with Crippen LogP contribution in [0.3, 0.4) is 0 Å². The molecule has 0 aliphatic heterocycles. The molecule has 0 aliphatic carbocycles. The summed E-state index contributed by atoms with van der Waals surface area (Å²) in [6.07, 6.45) is -0.798. The number of nitrogens with two attached hydrogens (primary N) is 1. The predicted octanol–water partition coefficient (Wildman–Crippen LogP) is 3.03. The van der Waals surface area contributed by atoms with Gasteiger partial charge in [0.25, 0.3) is 6.43 Å². The third-order valence-electron chi connectivity index (χ3n) is 2.79. The first-order valence-corrected chi connectivity index (χ1v) is 6.69. The lowest BCUT2D eigenvalue weighted by Gasteiger charge is -2.24. The molecule has 0 spiro atoms. The molecule has 102 valence electrons. The molecule has 0 amide bonds. The van der Waals surface area contributed by atoms with Crippen molar-refractivity contribution in [3.05, 3.63) is 34.9 Å². The zero-order valence-corrected chi connectivity index (χ0v) is 11.8. The Morgan fingerprint density at radius 2 is 2.05 bits per heavy atom. The van der Waals surface area contributed by atoms with E-state index in [0.29, 0.717) is 18.9 Å². The molecule has 3 nitrogen and oxygen atoms in total. The van der Waals surface area contributed by atoms with E-state index in [1.807, 2.05) is 24.3 Å². The van der Waals surface area contributed by atoms with Gasteiger partial charge in [-0.3, -0.25) is 0 Å². The van der Waals surface area contributed by atoms with Gasteiger partial charge in [-0.05, 0) is 12.1 Å². The lowest BCUT2D eigenvalue weighted by Crippen LogP contribution is -2.34. The summed E-state index contributed by atoms with van der Waals surface area (Å²) in [5, 5.41) is 1.79. The number of benzene rings is 1. The van der Waals surface area contributed by atoms with Crippen LogP contribution in [0.1, 0.15) is 0 Å². The number of pyridine rings is 1. The summed E-state index contributed by atoms with van der Waals surface area (Å²) in [5.74, 6) is 0.546. The third-order valence-corrected chi connectivity index (χ3v) is 3.48. The van der Waals surface area contributed by atoms with Crippen LogP contribution >= 0.6 is 15.9 Å². The van der Waals surface area contributed by atoms with Crippen LogP contribution in [0.2, 0.25) is 0 Å². The van der Waals surface area contributed by atoms with Crippen molar-refractivity contribution in [2.45, 2.75) is 6.43 Å². The minimum absolute atomic E-state index is 0.304. The highest BCUT2D eigenvalue weighted by Gasteiger charge is 2.16. The van der Waals surface area contributed by atoms with E-state index in [-0.39, 0.29) is 6.54 Å². The van der Waals surface area contributed by atoms with Gasteiger partial charge in [-0.15, -0.1) is 0 Å². The molecule has 1 aromatic heterocycles. The monoisotopic (exact) mass is 329 g/mol. The van der Waals surface area contributed by atoms with Crippen LogP contribution in [0.5, 0.6) is 0 Å². The first-order chi connectivity index (χ1) is 9.13. The molecule has 0 aliphatic rings. The van der Waals surface area contributed by atoms with E-state index in [1.54, 1.807) is 6.20 Å². The van der Waals surface area contributed by atoms with E-state index in [9.17, 15) is 8.78 Å². The predicted molar refractivity (Wildman–Crippen MR) is 76.7 cm³/mol. The fourth-order valence-electron chi connectivity index (χ4n) is 2.01. The van der Waals surface area contributed by atoms with Crippen molar-refractivity contribution in [1.29, 1.82) is 0 Å². The molecule has 0 saturated heterocycles. The zero-order chi connectivity index (χ0) is 13.8. The number of nitrogens with zero attached hydrogens (tertiary/aromatic N) is 2. The van der Waals surface area contributed by atoms with Crippen LogP contribution in [0, 0.1) is 0 Å². The summed E-state index contributed by atoms with van der Waals surface area (Å²) in [6.45, 7) is 0.289. The summed E-state index contributed by atoms with van der Waals surface area (Å²) in [4.78, 5) is 5.76. The molecule has 0 bridgehead atoms. The molecular formula is C13H14BrF2N3. The quantitative estimate of drug-likeness (QED) is 0.916. The van der Waals surface area contributed by atoms with Crippen molar-refractivity contribution in [2.75, 3.05) is 24.5 Å². The molecule has 0 saturated carbocycles. The maximum atomic E-state index is 12.7. The number of halogens is 3. The molecule has 1 aromatic carbocycles. The summed E-state index contributed by atoms with van der Waals surface area (Å²) < 4.78 is 26.2. The SMILES string of the molecule is NCCN(CC(F)F)c1nccc2c(Br)cccc12. The van der Waals surface area contributed by atoms with Crippen molar-refractivity contribution in [2.24, 2.45) is 5.73 Å². The molecule has 19 heavy (non-hydrogen) atoms. The highest BCUT2D eigenvalue weighted by molar-refractivity contribution is 9.10. The van der Waals surface area contributed by atoms with Gasteiger partial charge in [-0.25, -0.2) is 13.8 Å². The zero-order valence-electron chi connectivity index (χ0n) is 10.2. The Hall–Kier alpha value is -1.27. The molecular weight excluding hydrogens is 316 g/mol. The molecule has 0 fully saturated rings. The number of rotatable bonds is 5. The number of aromatic nitrogens is 1. The Morgan fingerprint density at radius 3 is 2.74 bits per heavy atom. The Labute approximate surface area is 118 Å². The van der Waals surface area contributed by atoms with Crippen molar-refractivity contribution in [3.63, 3.8) is 0 Å². The second kappa shape index (κ2) is 6.25. The van der Waals surface area contributed by atoms with Crippen molar-refractivity contribution < 1.29 is 8.78 Å². The lowest BCUT2D eigenvalue weighted by molar-refractivity contribution is 0.155. The summed E-state index contributed by atoms with van der Waals surface area (Å²) in [7, 11) is 0. The number of hydrogen-bond donors (Lipinski definition) is 1. The minimum Gasteiger partial charge on any atom is -0.349 e. The van der Waals surface area contributed by atoms with Crippen molar-refractivity contribution in [1.82, 2.24) is 4.98 Å². The van der Waals surface area contributed by atoms with Gasteiger partial charge in [0.05, 0.1) is 6.54 Å². The van der Waals surface area contributed by atoms with E-state index in [0.717, 1.165) is 15.2 Å². The number of fused-ring (bicyclic) bond motifs is 1. The molecule has 1 heterocycles. The average Bonchev–Trinajstić information content (AvgIpc) is 2.38. The van der Waals surface area contributed by atoms with Gasteiger partial charge >= 0.3 is 0 Å². The molecule has 2 aromatic rings. The van der Waals surface area contributed by atoms with Crippen LogP contribution in [0.4, 0.5) is 14.6 Å². The highest BCUT2D eigenvalue weighted by Crippen LogP contribution is 2.29. The Balaban J connectivity index is 2.50. The van der Waals surface area contributed by atoms with Crippen molar-refractivity contribution >= 4 is 32.5 Å². The van der Waals surface area contributed by atoms with Gasteiger partial charge in [0.2, 0.25) is 0 Å². The van der Waals surface area contributed by atoms with Crippen LogP contribution in [-0.4, -0.2) is 31.0 Å². The van der Waals surface area contributed by atoms with Gasteiger partial charge in [0.1, 0.15) is 5.82 Å². The first kappa shape index (κ1) is 14.1. The Morgan fingerprint density at radius 1 is 1.26 bits per heavy atom. The molecule has 2 N–H and O–H groups in total. The fraction of sp³-hybridized carbons (Fsp3) is 0.308. The second-order valence-corrected chi connectivity index (χ2v) is 4.95. The van der Waals surface area contributed by atoms with Crippen LogP contribution in [0.15, 0.2) is 34.9 Å². The first-order valence-electron chi connectivity index (χ1n) is 5.90. The normalized spacial score (nSPS) is 11.2. The van der Waals surface area contributed by atoms with E-state index in [2.05, 4.69) is 20.9 Å². The minimum atomic E-state index is -2.42. The standard InChI is InChI=1S/C13H14BrF2N3/c14-11-3-1-2-10-9(11)4-6-18-13(10)19(7-5-17)8-12(15)16/h1-4,6,12H,5,7-8,17H2. The van der Waals surface area contributed by atoms with Gasteiger partial charge in [0, 0.05) is 34.5 Å². The van der Waals surface area contributed by atoms with Gasteiger partial charge in [-0.1, -0.05) is 28.1 Å². The third kappa shape index (κ3) is 3.19. The fourth-order valence-corrected chi connectivity index (χ4v) is 2.51. The van der Waals surface area contributed by atoms with Gasteiger partial charge in [-0.2, -0.15) is 0 Å². The molecule has 0 unspecified atom stereocenters. The molecule has 0 atom stereocenters. The van der Waals surface area contributed by atoms with Gasteiger partial charge in [0.15, 0.2) is 0 Å². The smallest absolute Gasteiger partial charge is 0.255 e. The van der Waals surface area contributed by atoms with Crippen molar-refractivity contribution in [3.8, 4) is 0 Å². The lowest BCUT2D eigenvalue weighted by atomic mass is 10.1. The maximum absolute atomic E-state index is 12.7. The average molecular weight is 330 g/mol. The van der Waals surface area contributed by atoms with E-state index >= 15 is 0 Å². The maximum Gasteiger partial charge on any atom is 0.255 e. The number of alkyl halides is 2. The van der Waals surface area contributed by atoms with E-state index < -0.39 is 6.43 Å². The summed E-state index contributed by atoms with van der Waals surface area (Å²) >= 11 is 3.45. The van der Waals surface area contributed by atoms with Gasteiger partial charge < -0.3 is 10.6 Å². The van der Waals surface area contributed by atoms with Crippen LogP contribution < -0.4 is 10.6 Å². The number of hydrogen-bond acceptors (Lipinski definition) is 3. The molecule has 2 rings (SSSR count). The highest BCUT2D eigenvalue weighted by atomic mass is 79.9. The molecule has 0 radical (unpaired) electrons. The molecule has 6 heteroatoms. The second-order valence-electron chi connectivity index (χ2n) is 4.10. The Kier molecular flexibility index (Phi) is 4.66. The van der Waals surface area contributed by atoms with Crippen LogP contribution in [0.25, 0.3) is 10.8 Å². The largest absolute Gasteiger partial charge is 0.349 e. The van der Waals surface area contributed by atoms with Crippen LogP contribution in [-0.2, 0) is 0 Å².